The van der Waals surface area contributed by atoms with Crippen molar-refractivity contribution in [2.45, 2.75) is 17.9 Å². The molecule has 2 N–H and O–H groups in total. The lowest BCUT2D eigenvalue weighted by Gasteiger charge is -2.15. The van der Waals surface area contributed by atoms with Gasteiger partial charge in [0.1, 0.15) is 17.4 Å². The normalized spacial score (nSPS) is 12.2. The summed E-state index contributed by atoms with van der Waals surface area (Å²) in [6.45, 7) is 1.19. The standard InChI is InChI=1S/C22H19ClF2N2O4S/c1-14(15-5-3-2-4-6-15)27-32(29,30)17-8-10-21(18(23)12-17)31-13-22(28)26-20-9-7-16(24)11-19(20)25/h2-12,14,27H,13H2,1H3,(H,26,28). The Balaban J connectivity index is 1.63. The van der Waals surface area contributed by atoms with E-state index in [0.717, 1.165) is 17.7 Å². The van der Waals surface area contributed by atoms with Crippen LogP contribution in [0.15, 0.2) is 71.6 Å². The molecule has 3 rings (SSSR count). The smallest absolute Gasteiger partial charge is 0.262 e. The van der Waals surface area contributed by atoms with Crippen LogP contribution in [0, 0.1) is 11.6 Å². The number of carbonyl (C=O) groups is 1. The molecule has 3 aromatic rings. The van der Waals surface area contributed by atoms with Crippen LogP contribution < -0.4 is 14.8 Å². The number of halogens is 3. The molecule has 32 heavy (non-hydrogen) atoms. The third kappa shape index (κ3) is 6.03. The van der Waals surface area contributed by atoms with Crippen molar-refractivity contribution in [1.82, 2.24) is 4.72 Å². The number of sulfonamides is 1. The lowest BCUT2D eigenvalue weighted by molar-refractivity contribution is -0.118. The number of anilines is 1. The second-order valence-electron chi connectivity index (χ2n) is 6.81. The molecule has 0 saturated carbocycles. The summed E-state index contributed by atoms with van der Waals surface area (Å²) in [5.74, 6) is -2.34. The van der Waals surface area contributed by atoms with Gasteiger partial charge in [0, 0.05) is 12.1 Å². The van der Waals surface area contributed by atoms with Gasteiger partial charge in [-0.15, -0.1) is 0 Å². The lowest BCUT2D eigenvalue weighted by atomic mass is 10.1. The highest BCUT2D eigenvalue weighted by molar-refractivity contribution is 7.89. The molecular weight excluding hydrogens is 462 g/mol. The minimum atomic E-state index is -3.87. The van der Waals surface area contributed by atoms with Crippen LogP contribution >= 0.6 is 11.6 Å². The zero-order valence-corrected chi connectivity index (χ0v) is 18.4. The summed E-state index contributed by atoms with van der Waals surface area (Å²) in [7, 11) is -3.87. The van der Waals surface area contributed by atoms with E-state index in [2.05, 4.69) is 10.0 Å². The zero-order chi connectivity index (χ0) is 23.3. The van der Waals surface area contributed by atoms with Crippen LogP contribution in [0.4, 0.5) is 14.5 Å². The molecular formula is C22H19ClF2N2O4S. The summed E-state index contributed by atoms with van der Waals surface area (Å²) in [6.07, 6.45) is 0. The van der Waals surface area contributed by atoms with Gasteiger partial charge in [0.05, 0.1) is 15.6 Å². The molecule has 0 radical (unpaired) electrons. The van der Waals surface area contributed by atoms with E-state index in [1.165, 1.54) is 18.2 Å². The molecule has 6 nitrogen and oxygen atoms in total. The highest BCUT2D eigenvalue weighted by Gasteiger charge is 2.20. The van der Waals surface area contributed by atoms with E-state index in [0.29, 0.717) is 6.07 Å². The number of rotatable bonds is 8. The maximum absolute atomic E-state index is 13.6. The fourth-order valence-corrected chi connectivity index (χ4v) is 4.35. The molecule has 0 fully saturated rings. The van der Waals surface area contributed by atoms with Crippen LogP contribution in [-0.2, 0) is 14.8 Å². The molecule has 0 aliphatic carbocycles. The van der Waals surface area contributed by atoms with E-state index in [-0.39, 0.29) is 21.4 Å². The average Bonchev–Trinajstić information content (AvgIpc) is 2.75. The van der Waals surface area contributed by atoms with Crippen LogP contribution in [0.3, 0.4) is 0 Å². The van der Waals surface area contributed by atoms with Gasteiger partial charge in [0.25, 0.3) is 5.91 Å². The molecule has 168 valence electrons. The van der Waals surface area contributed by atoms with E-state index in [9.17, 15) is 22.0 Å². The molecule has 3 aromatic carbocycles. The van der Waals surface area contributed by atoms with Gasteiger partial charge in [0.15, 0.2) is 6.61 Å². The summed E-state index contributed by atoms with van der Waals surface area (Å²) < 4.78 is 59.7. The number of nitrogens with one attached hydrogen (secondary N) is 2. The van der Waals surface area contributed by atoms with Gasteiger partial charge in [-0.1, -0.05) is 41.9 Å². The van der Waals surface area contributed by atoms with Crippen molar-refractivity contribution in [1.29, 1.82) is 0 Å². The minimum Gasteiger partial charge on any atom is -0.482 e. The topological polar surface area (TPSA) is 84.5 Å². The Morgan fingerprint density at radius 1 is 1.06 bits per heavy atom. The summed E-state index contributed by atoms with van der Waals surface area (Å²) in [5.41, 5.74) is 0.594. The van der Waals surface area contributed by atoms with Crippen molar-refractivity contribution in [3.05, 3.63) is 89.0 Å². The zero-order valence-electron chi connectivity index (χ0n) is 16.8. The predicted octanol–water partition coefficient (Wildman–Crippen LogP) is 4.68. The maximum Gasteiger partial charge on any atom is 0.262 e. The fraction of sp³-hybridized carbons (Fsp3) is 0.136. The molecule has 0 spiro atoms. The Kier molecular flexibility index (Phi) is 7.44. The molecule has 0 aliphatic heterocycles. The number of carbonyl (C=O) groups excluding carboxylic acids is 1. The van der Waals surface area contributed by atoms with Crippen LogP contribution in [0.5, 0.6) is 5.75 Å². The maximum atomic E-state index is 13.6. The lowest BCUT2D eigenvalue weighted by Crippen LogP contribution is -2.27. The van der Waals surface area contributed by atoms with Crippen molar-refractivity contribution in [3.63, 3.8) is 0 Å². The number of ether oxygens (including phenoxy) is 1. The fourth-order valence-electron chi connectivity index (χ4n) is 2.80. The summed E-state index contributed by atoms with van der Waals surface area (Å²) >= 11 is 6.12. The largest absolute Gasteiger partial charge is 0.482 e. The first kappa shape index (κ1) is 23.6. The van der Waals surface area contributed by atoms with Gasteiger partial charge in [0.2, 0.25) is 10.0 Å². The van der Waals surface area contributed by atoms with Gasteiger partial charge in [-0.05, 0) is 42.8 Å². The van der Waals surface area contributed by atoms with Crippen LogP contribution in [0.2, 0.25) is 5.02 Å². The second kappa shape index (κ2) is 10.1. The van der Waals surface area contributed by atoms with Gasteiger partial charge >= 0.3 is 0 Å². The Hall–Kier alpha value is -3.01. The van der Waals surface area contributed by atoms with Crippen LogP contribution in [0.1, 0.15) is 18.5 Å². The van der Waals surface area contributed by atoms with Gasteiger partial charge < -0.3 is 10.1 Å². The number of benzene rings is 3. The first-order valence-corrected chi connectivity index (χ1v) is 11.3. The third-order valence-corrected chi connectivity index (χ3v) is 6.24. The number of hydrogen-bond donors (Lipinski definition) is 2. The van der Waals surface area contributed by atoms with E-state index in [1.807, 2.05) is 18.2 Å². The van der Waals surface area contributed by atoms with Gasteiger partial charge in [-0.3, -0.25) is 4.79 Å². The molecule has 1 unspecified atom stereocenters. The first-order valence-electron chi connectivity index (χ1n) is 9.40. The average molecular weight is 481 g/mol. The van der Waals surface area contributed by atoms with E-state index < -0.39 is 40.2 Å². The minimum absolute atomic E-state index is 0.0269. The second-order valence-corrected chi connectivity index (χ2v) is 8.93. The molecule has 10 heteroatoms. The highest BCUT2D eigenvalue weighted by atomic mass is 35.5. The first-order chi connectivity index (χ1) is 15.2. The van der Waals surface area contributed by atoms with Crippen LogP contribution in [0.25, 0.3) is 0 Å². The summed E-state index contributed by atoms with van der Waals surface area (Å²) in [4.78, 5) is 11.9. The quantitative estimate of drug-likeness (QED) is 0.490. The van der Waals surface area contributed by atoms with Crippen molar-refractivity contribution in [2.75, 3.05) is 11.9 Å². The molecule has 0 aromatic heterocycles. The highest BCUT2D eigenvalue weighted by Crippen LogP contribution is 2.28. The molecule has 1 amide bonds. The van der Waals surface area contributed by atoms with E-state index >= 15 is 0 Å². The SMILES string of the molecule is CC(NS(=O)(=O)c1ccc(OCC(=O)Nc2ccc(F)cc2F)c(Cl)c1)c1ccccc1. The van der Waals surface area contributed by atoms with Crippen molar-refractivity contribution in [3.8, 4) is 5.75 Å². The van der Waals surface area contributed by atoms with Gasteiger partial charge in [-0.2, -0.15) is 0 Å². The molecule has 0 saturated heterocycles. The molecule has 1 atom stereocenters. The summed E-state index contributed by atoms with van der Waals surface area (Å²) in [5, 5.41) is 2.22. The monoisotopic (exact) mass is 480 g/mol. The van der Waals surface area contributed by atoms with Crippen molar-refractivity contribution < 1.29 is 26.7 Å². The van der Waals surface area contributed by atoms with Crippen molar-refractivity contribution >= 4 is 33.2 Å². The van der Waals surface area contributed by atoms with Crippen molar-refractivity contribution in [2.24, 2.45) is 0 Å². The van der Waals surface area contributed by atoms with Gasteiger partial charge in [-0.25, -0.2) is 21.9 Å². The van der Waals surface area contributed by atoms with E-state index in [1.54, 1.807) is 19.1 Å². The molecule has 0 bridgehead atoms. The van der Waals surface area contributed by atoms with E-state index in [4.69, 9.17) is 16.3 Å². The summed E-state index contributed by atoms with van der Waals surface area (Å²) in [6, 6.07) is 15.1. The number of hydrogen-bond acceptors (Lipinski definition) is 4. The Bertz CT molecular complexity index is 1220. The third-order valence-electron chi connectivity index (χ3n) is 4.41. The molecule has 0 aliphatic rings. The van der Waals surface area contributed by atoms with Crippen LogP contribution in [-0.4, -0.2) is 20.9 Å². The Morgan fingerprint density at radius 2 is 1.78 bits per heavy atom. The Morgan fingerprint density at radius 3 is 2.44 bits per heavy atom. The Labute approximate surface area is 189 Å². The number of amides is 1. The predicted molar refractivity (Wildman–Crippen MR) is 117 cm³/mol. The molecule has 0 heterocycles.